The number of nitrogens with zero attached hydrogens (tertiary/aromatic N) is 4. The van der Waals surface area contributed by atoms with E-state index in [0.717, 1.165) is 0 Å². The van der Waals surface area contributed by atoms with Crippen molar-refractivity contribution >= 4 is 23.1 Å². The Morgan fingerprint density at radius 1 is 0.532 bits per heavy atom. The minimum atomic E-state index is -0.449. The van der Waals surface area contributed by atoms with Crippen molar-refractivity contribution in [1.82, 2.24) is 19.6 Å². The molecule has 0 aliphatic rings. The molecule has 4 aromatic carbocycles. The van der Waals surface area contributed by atoms with Gasteiger partial charge in [0.2, 0.25) is 11.6 Å². The van der Waals surface area contributed by atoms with Crippen LogP contribution in [0.25, 0.3) is 11.4 Å². The highest BCUT2D eigenvalue weighted by Gasteiger charge is 2.22. The zero-order valence-electron chi connectivity index (χ0n) is 25.0. The SMILES string of the molecule is CC(=O)c1cc(C(=O)c2ccc(Oc3ccc(C(=O)c4cc(C(C)=O)nn4-c4ccc(F)cc4)cc3)cc2)n(-c2ccc(F)cc2)n1. The summed E-state index contributed by atoms with van der Waals surface area (Å²) in [5.41, 5.74) is 1.90. The van der Waals surface area contributed by atoms with Crippen molar-refractivity contribution in [3.63, 3.8) is 0 Å². The number of ether oxygens (including phenoxy) is 1. The Bertz CT molecular complexity index is 1990. The maximum Gasteiger partial charge on any atom is 0.211 e. The third kappa shape index (κ3) is 6.40. The van der Waals surface area contributed by atoms with E-state index in [4.69, 9.17) is 4.74 Å². The van der Waals surface area contributed by atoms with Gasteiger partial charge in [0.1, 0.15) is 45.9 Å². The maximum atomic E-state index is 13.5. The van der Waals surface area contributed by atoms with E-state index < -0.39 is 23.2 Å². The third-order valence-electron chi connectivity index (χ3n) is 7.22. The predicted molar refractivity (Wildman–Crippen MR) is 167 cm³/mol. The Morgan fingerprint density at radius 2 is 0.872 bits per heavy atom. The van der Waals surface area contributed by atoms with Crippen LogP contribution in [0.15, 0.2) is 109 Å². The van der Waals surface area contributed by atoms with Crippen LogP contribution in [0.4, 0.5) is 8.78 Å². The molecule has 47 heavy (non-hydrogen) atoms. The molecule has 0 aliphatic heterocycles. The predicted octanol–water partition coefficient (Wildman–Crippen LogP) is 7.00. The monoisotopic (exact) mass is 630 g/mol. The van der Waals surface area contributed by atoms with E-state index in [2.05, 4.69) is 10.2 Å². The number of ketones is 4. The highest BCUT2D eigenvalue weighted by atomic mass is 19.1. The van der Waals surface area contributed by atoms with Gasteiger partial charge >= 0.3 is 0 Å². The standard InChI is InChI=1S/C36H24F2N4O5/c1-21(43)31-19-33(41(39-31)27-11-7-25(37)8-12-27)35(45)23-3-15-29(16-4-23)47-30-17-5-24(6-18-30)36(46)34-20-32(22(2)44)40-42(34)28-13-9-26(38)10-14-28/h3-20H,1-2H3. The molecule has 0 aliphatic carbocycles. The molecule has 0 atom stereocenters. The summed E-state index contributed by atoms with van der Waals surface area (Å²) in [4.78, 5) is 50.9. The van der Waals surface area contributed by atoms with Crippen LogP contribution in [-0.4, -0.2) is 42.7 Å². The molecule has 0 fully saturated rings. The van der Waals surface area contributed by atoms with Gasteiger partial charge in [0.25, 0.3) is 0 Å². The van der Waals surface area contributed by atoms with Crippen LogP contribution < -0.4 is 4.74 Å². The lowest BCUT2D eigenvalue weighted by molar-refractivity contribution is 0.1000. The number of carbonyl (C=O) groups is 4. The first-order valence-electron chi connectivity index (χ1n) is 14.3. The van der Waals surface area contributed by atoms with E-state index in [1.165, 1.54) is 83.9 Å². The van der Waals surface area contributed by atoms with Gasteiger partial charge < -0.3 is 4.74 Å². The van der Waals surface area contributed by atoms with Gasteiger partial charge in [0.15, 0.2) is 11.6 Å². The van der Waals surface area contributed by atoms with Crippen LogP contribution in [-0.2, 0) is 0 Å². The number of halogens is 2. The summed E-state index contributed by atoms with van der Waals surface area (Å²) in [6.07, 6.45) is 0. The average Bonchev–Trinajstić information content (AvgIpc) is 3.72. The number of benzene rings is 4. The van der Waals surface area contributed by atoms with Crippen LogP contribution in [0.3, 0.4) is 0 Å². The lowest BCUT2D eigenvalue weighted by Gasteiger charge is -2.09. The largest absolute Gasteiger partial charge is 0.457 e. The van der Waals surface area contributed by atoms with E-state index in [1.54, 1.807) is 48.5 Å². The topological polar surface area (TPSA) is 113 Å². The van der Waals surface area contributed by atoms with Crippen LogP contribution in [0.5, 0.6) is 11.5 Å². The van der Waals surface area contributed by atoms with Gasteiger partial charge in [-0.05, 0) is 109 Å². The van der Waals surface area contributed by atoms with Gasteiger partial charge in [-0.1, -0.05) is 0 Å². The summed E-state index contributed by atoms with van der Waals surface area (Å²) < 4.78 is 35.5. The van der Waals surface area contributed by atoms with Crippen molar-refractivity contribution in [2.45, 2.75) is 13.8 Å². The molecule has 0 amide bonds. The third-order valence-corrected chi connectivity index (χ3v) is 7.22. The van der Waals surface area contributed by atoms with Crippen molar-refractivity contribution in [3.8, 4) is 22.9 Å². The van der Waals surface area contributed by atoms with E-state index in [9.17, 15) is 28.0 Å². The highest BCUT2D eigenvalue weighted by Crippen LogP contribution is 2.25. The molecule has 232 valence electrons. The number of aromatic nitrogens is 4. The fourth-order valence-corrected chi connectivity index (χ4v) is 4.77. The Balaban J connectivity index is 1.20. The molecule has 0 saturated heterocycles. The van der Waals surface area contributed by atoms with Crippen molar-refractivity contribution in [1.29, 1.82) is 0 Å². The molecule has 0 radical (unpaired) electrons. The van der Waals surface area contributed by atoms with Gasteiger partial charge in [-0.3, -0.25) is 19.2 Å². The Morgan fingerprint density at radius 3 is 1.19 bits per heavy atom. The average molecular weight is 631 g/mol. The molecule has 0 unspecified atom stereocenters. The van der Waals surface area contributed by atoms with Crippen LogP contribution in [0.1, 0.15) is 66.9 Å². The molecule has 6 aromatic rings. The lowest BCUT2D eigenvalue weighted by Crippen LogP contribution is -2.10. The minimum absolute atomic E-state index is 0.0961. The van der Waals surface area contributed by atoms with Gasteiger partial charge in [-0.15, -0.1) is 0 Å². The minimum Gasteiger partial charge on any atom is -0.457 e. The molecular formula is C36H24F2N4O5. The smallest absolute Gasteiger partial charge is 0.211 e. The van der Waals surface area contributed by atoms with E-state index in [-0.39, 0.29) is 34.3 Å². The molecule has 2 heterocycles. The number of rotatable bonds is 10. The van der Waals surface area contributed by atoms with Gasteiger partial charge in [0.05, 0.1) is 11.4 Å². The zero-order valence-corrected chi connectivity index (χ0v) is 25.0. The van der Waals surface area contributed by atoms with Crippen LogP contribution in [0.2, 0.25) is 0 Å². The quantitative estimate of drug-likeness (QED) is 0.150. The summed E-state index contributed by atoms with van der Waals surface area (Å²) in [5, 5.41) is 8.48. The molecule has 11 heteroatoms. The molecule has 0 spiro atoms. The Hall–Kier alpha value is -6.36. The molecule has 0 saturated carbocycles. The van der Waals surface area contributed by atoms with Crippen molar-refractivity contribution in [2.24, 2.45) is 0 Å². The molecule has 9 nitrogen and oxygen atoms in total. The molecule has 2 aromatic heterocycles. The second-order valence-electron chi connectivity index (χ2n) is 10.5. The molecule has 0 bridgehead atoms. The second kappa shape index (κ2) is 12.6. The number of Topliss-reactive ketones (excluding diaryl/α,β-unsaturated/α-hetero) is 2. The maximum absolute atomic E-state index is 13.5. The van der Waals surface area contributed by atoms with Gasteiger partial charge in [-0.25, -0.2) is 18.1 Å². The summed E-state index contributed by atoms with van der Waals surface area (Å²) in [6, 6.07) is 26.2. The fourth-order valence-electron chi connectivity index (χ4n) is 4.77. The zero-order chi connectivity index (χ0) is 33.2. The lowest BCUT2D eigenvalue weighted by atomic mass is 10.1. The summed E-state index contributed by atoms with van der Waals surface area (Å²) in [5.74, 6) is -1.53. The van der Waals surface area contributed by atoms with E-state index in [0.29, 0.717) is 34.0 Å². The normalized spacial score (nSPS) is 10.9. The first-order chi connectivity index (χ1) is 22.6. The van der Waals surface area contributed by atoms with Gasteiger partial charge in [0, 0.05) is 25.0 Å². The van der Waals surface area contributed by atoms with E-state index >= 15 is 0 Å². The van der Waals surface area contributed by atoms with Crippen LogP contribution >= 0.6 is 0 Å². The van der Waals surface area contributed by atoms with Crippen LogP contribution in [0, 0.1) is 11.6 Å². The number of carbonyl (C=O) groups excluding carboxylic acids is 4. The second-order valence-corrected chi connectivity index (χ2v) is 10.5. The summed E-state index contributed by atoms with van der Waals surface area (Å²) in [7, 11) is 0. The van der Waals surface area contributed by atoms with Gasteiger partial charge in [-0.2, -0.15) is 10.2 Å². The first-order valence-corrected chi connectivity index (χ1v) is 14.3. The fraction of sp³-hybridized carbons (Fsp3) is 0.0556. The first kappa shape index (κ1) is 30.7. The summed E-state index contributed by atoms with van der Waals surface area (Å²) >= 11 is 0. The number of hydrogen-bond donors (Lipinski definition) is 0. The Kier molecular flexibility index (Phi) is 8.19. The Labute approximate surface area is 266 Å². The van der Waals surface area contributed by atoms with E-state index in [1.807, 2.05) is 0 Å². The highest BCUT2D eigenvalue weighted by molar-refractivity contribution is 6.10. The molecule has 0 N–H and O–H groups in total. The van der Waals surface area contributed by atoms with Crippen molar-refractivity contribution in [2.75, 3.05) is 0 Å². The van der Waals surface area contributed by atoms with Crippen molar-refractivity contribution < 1.29 is 32.7 Å². The van der Waals surface area contributed by atoms with Crippen molar-refractivity contribution in [3.05, 3.63) is 155 Å². The summed E-state index contributed by atoms with van der Waals surface area (Å²) in [6.45, 7) is 2.68. The number of hydrogen-bond acceptors (Lipinski definition) is 7. The molecular weight excluding hydrogens is 606 g/mol. The molecule has 6 rings (SSSR count).